The minimum atomic E-state index is 0. The number of halogens is 1. The number of nitrogens with zero attached hydrogens (tertiary/aromatic N) is 3. The van der Waals surface area contributed by atoms with Gasteiger partial charge >= 0.3 is 0 Å². The largest absolute Gasteiger partial charge is 0.221 e. The summed E-state index contributed by atoms with van der Waals surface area (Å²) in [6.45, 7) is 5.97. The highest BCUT2D eigenvalue weighted by atomic mass is 35.5. The van der Waals surface area contributed by atoms with Gasteiger partial charge in [-0.15, -0.1) is 12.4 Å². The highest BCUT2D eigenvalue weighted by Gasteiger charge is 2.07. The fraction of sp³-hybridized carbons (Fsp3) is 0.875. The second-order valence-corrected chi connectivity index (χ2v) is 3.02. The molecule has 0 aromatic carbocycles. The molecule has 4 heteroatoms. The van der Waals surface area contributed by atoms with E-state index in [1.807, 2.05) is 14.1 Å². The van der Waals surface area contributed by atoms with Gasteiger partial charge in [0.2, 0.25) is 0 Å². The molecular weight excluding hydrogens is 174 g/mol. The molecule has 0 saturated carbocycles. The predicted molar refractivity (Wildman–Crippen MR) is 54.9 cm³/mol. The third-order valence-electron chi connectivity index (χ3n) is 1.50. The Morgan fingerprint density at radius 1 is 1.25 bits per heavy atom. The molecule has 0 aliphatic rings. The lowest BCUT2D eigenvalue weighted by atomic mass is 10.5. The van der Waals surface area contributed by atoms with Gasteiger partial charge in [-0.05, 0) is 18.4 Å². The second kappa shape index (κ2) is 7.29. The molecule has 0 rings (SSSR count). The van der Waals surface area contributed by atoms with Gasteiger partial charge in [-0.2, -0.15) is 4.59 Å². The van der Waals surface area contributed by atoms with Crippen LogP contribution in [0.25, 0.3) is 0 Å². The van der Waals surface area contributed by atoms with Crippen molar-refractivity contribution >= 4 is 18.4 Å². The zero-order valence-corrected chi connectivity index (χ0v) is 9.19. The molecule has 0 spiro atoms. The van der Waals surface area contributed by atoms with E-state index in [9.17, 15) is 0 Å². The fourth-order valence-electron chi connectivity index (χ4n) is 0.385. The summed E-state index contributed by atoms with van der Waals surface area (Å²) in [4.78, 5) is 3.99. The molecule has 0 aromatic heterocycles. The van der Waals surface area contributed by atoms with Crippen LogP contribution in [0.4, 0.5) is 0 Å². The van der Waals surface area contributed by atoms with Gasteiger partial charge < -0.3 is 0 Å². The van der Waals surface area contributed by atoms with E-state index in [0.29, 0.717) is 4.59 Å². The van der Waals surface area contributed by atoms with E-state index in [4.69, 9.17) is 0 Å². The van der Waals surface area contributed by atoms with Gasteiger partial charge in [0.1, 0.15) is 6.54 Å². The fourth-order valence-corrected chi connectivity index (χ4v) is 0.385. The molecule has 0 atom stereocenters. The summed E-state index contributed by atoms with van der Waals surface area (Å²) >= 11 is 0. The van der Waals surface area contributed by atoms with Crippen LogP contribution in [0.3, 0.4) is 0 Å². The maximum Gasteiger partial charge on any atom is 0.153 e. The Kier molecular flexibility index (Phi) is 8.61. The maximum absolute atomic E-state index is 4.13. The van der Waals surface area contributed by atoms with E-state index >= 15 is 0 Å². The Balaban J connectivity index is 0. The van der Waals surface area contributed by atoms with Gasteiger partial charge in [0.05, 0.1) is 14.1 Å². The number of rotatable bonds is 4. The van der Waals surface area contributed by atoms with E-state index in [1.54, 1.807) is 0 Å². The first-order valence-electron chi connectivity index (χ1n) is 4.09. The predicted octanol–water partition coefficient (Wildman–Crippen LogP) is 2.00. The van der Waals surface area contributed by atoms with Crippen LogP contribution in [0.1, 0.15) is 20.3 Å². The molecule has 0 saturated heterocycles. The van der Waals surface area contributed by atoms with Crippen LogP contribution in [-0.4, -0.2) is 37.8 Å². The van der Waals surface area contributed by atoms with Gasteiger partial charge in [0.25, 0.3) is 0 Å². The minimum absolute atomic E-state index is 0. The number of aliphatic imine (C=N–C) groups is 1. The monoisotopic (exact) mass is 192 g/mol. The lowest BCUT2D eigenvalue weighted by Crippen LogP contribution is -2.32. The van der Waals surface area contributed by atoms with Crippen molar-refractivity contribution in [3.63, 3.8) is 0 Å². The number of quaternary nitrogens is 1. The third kappa shape index (κ3) is 7.73. The molecule has 0 bridgehead atoms. The Morgan fingerprint density at radius 3 is 2.25 bits per heavy atom. The van der Waals surface area contributed by atoms with Crippen molar-refractivity contribution in [2.24, 2.45) is 10.1 Å². The van der Waals surface area contributed by atoms with Crippen molar-refractivity contribution in [3.05, 3.63) is 0 Å². The van der Waals surface area contributed by atoms with Crippen LogP contribution >= 0.6 is 12.4 Å². The lowest BCUT2D eigenvalue weighted by Gasteiger charge is -2.16. The van der Waals surface area contributed by atoms with Gasteiger partial charge in [0, 0.05) is 6.54 Å². The van der Waals surface area contributed by atoms with Crippen molar-refractivity contribution in [2.45, 2.75) is 20.3 Å². The van der Waals surface area contributed by atoms with E-state index in [-0.39, 0.29) is 12.4 Å². The van der Waals surface area contributed by atoms with Crippen LogP contribution in [0.15, 0.2) is 10.1 Å². The normalized spacial score (nSPS) is 9.67. The van der Waals surface area contributed by atoms with Crippen LogP contribution in [-0.2, 0) is 0 Å². The topological polar surface area (TPSA) is 24.7 Å². The van der Waals surface area contributed by atoms with Crippen molar-refractivity contribution in [3.8, 4) is 0 Å². The lowest BCUT2D eigenvalue weighted by molar-refractivity contribution is -0.894. The maximum atomic E-state index is 4.13. The molecule has 0 heterocycles. The van der Waals surface area contributed by atoms with Crippen molar-refractivity contribution < 1.29 is 4.59 Å². The Morgan fingerprint density at radius 2 is 1.83 bits per heavy atom. The van der Waals surface area contributed by atoms with Gasteiger partial charge in [0.15, 0.2) is 6.01 Å². The zero-order chi connectivity index (χ0) is 8.74. The van der Waals surface area contributed by atoms with E-state index in [0.717, 1.165) is 19.5 Å². The van der Waals surface area contributed by atoms with Crippen molar-refractivity contribution in [1.82, 2.24) is 0 Å². The minimum Gasteiger partial charge on any atom is -0.221 e. The number of hydrogen-bond acceptors (Lipinski definition) is 2. The molecule has 0 aliphatic heterocycles. The Bertz CT molecular complexity index is 160. The Labute approximate surface area is 81.2 Å². The molecule has 0 aliphatic carbocycles. The average Bonchev–Trinajstić information content (AvgIpc) is 1.99. The van der Waals surface area contributed by atoms with Crippen LogP contribution in [0.5, 0.6) is 0 Å². The first-order valence-corrected chi connectivity index (χ1v) is 4.09. The standard InChI is InChI=1S/C8H18N3.ClH/c1-5-7-9-8-10-11(3,4)6-2;/h5-7H2,1-4H3;1H/q+1;. The van der Waals surface area contributed by atoms with Gasteiger partial charge in [-0.3, -0.25) is 0 Å². The quantitative estimate of drug-likeness (QED) is 0.370. The molecule has 3 nitrogen and oxygen atoms in total. The summed E-state index contributed by atoms with van der Waals surface area (Å²) in [5.41, 5.74) is 0. The van der Waals surface area contributed by atoms with Crippen molar-refractivity contribution in [1.29, 1.82) is 0 Å². The SMILES string of the molecule is CCCN=C=N[N+](C)(C)CC.Cl. The summed E-state index contributed by atoms with van der Waals surface area (Å²) < 4.78 is 0.604. The third-order valence-corrected chi connectivity index (χ3v) is 1.50. The summed E-state index contributed by atoms with van der Waals surface area (Å²) in [6.07, 6.45) is 1.06. The molecular formula is C8H19ClN3+. The smallest absolute Gasteiger partial charge is 0.153 e. The second-order valence-electron chi connectivity index (χ2n) is 3.02. The van der Waals surface area contributed by atoms with Crippen LogP contribution in [0.2, 0.25) is 0 Å². The highest BCUT2D eigenvalue weighted by Crippen LogP contribution is 1.93. The zero-order valence-electron chi connectivity index (χ0n) is 8.37. The van der Waals surface area contributed by atoms with E-state index < -0.39 is 0 Å². The average molecular weight is 193 g/mol. The molecule has 0 fully saturated rings. The number of hydrogen-bond donors (Lipinski definition) is 0. The molecule has 0 unspecified atom stereocenters. The van der Waals surface area contributed by atoms with Crippen LogP contribution in [0, 0.1) is 0 Å². The van der Waals surface area contributed by atoms with Gasteiger partial charge in [-0.1, -0.05) is 6.92 Å². The van der Waals surface area contributed by atoms with Gasteiger partial charge in [-0.25, -0.2) is 4.99 Å². The van der Waals surface area contributed by atoms with E-state index in [1.165, 1.54) is 0 Å². The first kappa shape index (κ1) is 14.2. The molecule has 0 radical (unpaired) electrons. The van der Waals surface area contributed by atoms with E-state index in [2.05, 4.69) is 29.9 Å². The van der Waals surface area contributed by atoms with Crippen molar-refractivity contribution in [2.75, 3.05) is 27.2 Å². The first-order chi connectivity index (χ1) is 5.12. The summed E-state index contributed by atoms with van der Waals surface area (Å²) in [6, 6.07) is 2.70. The molecule has 72 valence electrons. The Hall–Kier alpha value is -0.370. The highest BCUT2D eigenvalue weighted by molar-refractivity contribution is 5.85. The molecule has 12 heavy (non-hydrogen) atoms. The molecule has 0 aromatic rings. The summed E-state index contributed by atoms with van der Waals surface area (Å²) in [7, 11) is 4.04. The summed E-state index contributed by atoms with van der Waals surface area (Å²) in [5, 5.41) is 4.13. The molecule has 0 amide bonds. The van der Waals surface area contributed by atoms with Crippen LogP contribution < -0.4 is 0 Å². The summed E-state index contributed by atoms with van der Waals surface area (Å²) in [5.74, 6) is 0. The molecule has 0 N–H and O–H groups in total.